The molecule has 4 aliphatic heterocycles. The van der Waals surface area contributed by atoms with E-state index in [1.165, 1.54) is 6.92 Å². The third-order valence-corrected chi connectivity index (χ3v) is 22.3. The molecule has 11 aromatic rings. The molecular weight excluding hydrogens is 1560 g/mol. The van der Waals surface area contributed by atoms with Crippen molar-refractivity contribution < 1.29 is 90.1 Å². The SMILES string of the molecule is CC(=O)NC1C(OCc2ccccc2)OC(COCc2ccccc2)C(OC2OC(COCc3ccccc3)C(OCc3ccccc3)C(OCc3ccccc3)C2OC2OC(C)C(OCc3ccccc3)C(OCc3ccccc3)C2OCc2ccccc2)C1OC1OC(C)C(OCc2ccccc2)C(OCc2ccccc2)C1OCc1ccccc1. The van der Waals surface area contributed by atoms with Crippen LogP contribution in [0.25, 0.3) is 0 Å². The Balaban J connectivity index is 0.897. The Kier molecular flexibility index (Phi) is 33.1. The quantitative estimate of drug-likeness (QED) is 0.0379. The minimum Gasteiger partial charge on any atom is -0.374 e. The van der Waals surface area contributed by atoms with E-state index < -0.39 is 129 Å². The summed E-state index contributed by atoms with van der Waals surface area (Å²) in [5, 5.41) is 3.29. The van der Waals surface area contributed by atoms with E-state index in [-0.39, 0.29) is 85.9 Å². The second-order valence-electron chi connectivity index (χ2n) is 31.4. The number of hydrogen-bond acceptors (Lipinski definition) is 19. The molecule has 20 atom stereocenters. The maximum Gasteiger partial charge on any atom is 0.217 e. The van der Waals surface area contributed by atoms with E-state index >= 15 is 0 Å². The first-order valence-electron chi connectivity index (χ1n) is 42.6. The number of nitrogens with one attached hydrogen (secondary N) is 1. The fourth-order valence-electron chi connectivity index (χ4n) is 16.0. The fourth-order valence-corrected chi connectivity index (χ4v) is 16.0. The van der Waals surface area contributed by atoms with Gasteiger partial charge in [-0.2, -0.15) is 0 Å². The van der Waals surface area contributed by atoms with E-state index in [0.29, 0.717) is 0 Å². The molecule has 0 aromatic heterocycles. The number of amides is 1. The molecule has 4 fully saturated rings. The molecule has 642 valence electrons. The van der Waals surface area contributed by atoms with Crippen LogP contribution < -0.4 is 5.32 Å². The van der Waals surface area contributed by atoms with Crippen LogP contribution in [0, 0.1) is 0 Å². The Bertz CT molecular complexity index is 4790. The van der Waals surface area contributed by atoms with Gasteiger partial charge in [0, 0.05) is 6.92 Å². The molecule has 4 heterocycles. The molecule has 20 heteroatoms. The van der Waals surface area contributed by atoms with Crippen LogP contribution in [0.4, 0.5) is 0 Å². The first-order chi connectivity index (χ1) is 60.6. The summed E-state index contributed by atoms with van der Waals surface area (Å²) in [7, 11) is 0. The van der Waals surface area contributed by atoms with Crippen LogP contribution in [0.1, 0.15) is 82.0 Å². The third-order valence-electron chi connectivity index (χ3n) is 22.3. The van der Waals surface area contributed by atoms with Crippen LogP contribution in [0.3, 0.4) is 0 Å². The zero-order valence-electron chi connectivity index (χ0n) is 69.8. The average Bonchev–Trinajstić information content (AvgIpc) is 0.756. The van der Waals surface area contributed by atoms with Crippen LogP contribution in [-0.2, 0) is 163 Å². The molecule has 20 unspecified atom stereocenters. The lowest BCUT2D eigenvalue weighted by molar-refractivity contribution is -0.403. The summed E-state index contributed by atoms with van der Waals surface area (Å²) in [5.74, 6) is -0.435. The smallest absolute Gasteiger partial charge is 0.217 e. The molecule has 123 heavy (non-hydrogen) atoms. The Labute approximate surface area is 721 Å². The van der Waals surface area contributed by atoms with Gasteiger partial charge in [-0.05, 0) is 75.0 Å². The van der Waals surface area contributed by atoms with Gasteiger partial charge in [0.25, 0.3) is 0 Å². The first kappa shape index (κ1) is 88.0. The Morgan fingerprint density at radius 1 is 0.236 bits per heavy atom. The van der Waals surface area contributed by atoms with Gasteiger partial charge in [-0.25, -0.2) is 0 Å². The van der Waals surface area contributed by atoms with E-state index in [2.05, 4.69) is 5.32 Å². The van der Waals surface area contributed by atoms with E-state index in [1.807, 2.05) is 347 Å². The fraction of sp³-hybridized carbons (Fsp3) is 0.350. The molecule has 4 saturated heterocycles. The van der Waals surface area contributed by atoms with Gasteiger partial charge in [0.1, 0.15) is 85.4 Å². The lowest BCUT2D eigenvalue weighted by Crippen LogP contribution is -2.70. The van der Waals surface area contributed by atoms with Crippen LogP contribution in [0.15, 0.2) is 334 Å². The van der Waals surface area contributed by atoms with E-state index in [9.17, 15) is 4.79 Å². The lowest BCUT2D eigenvalue weighted by Gasteiger charge is -2.53. The largest absolute Gasteiger partial charge is 0.374 e. The molecule has 0 aliphatic carbocycles. The van der Waals surface area contributed by atoms with Gasteiger partial charge in [0.2, 0.25) is 5.91 Å². The Morgan fingerprint density at radius 2 is 0.455 bits per heavy atom. The van der Waals surface area contributed by atoms with Crippen molar-refractivity contribution in [2.75, 3.05) is 13.2 Å². The molecule has 0 bridgehead atoms. The summed E-state index contributed by atoms with van der Waals surface area (Å²) in [6.45, 7) is 6.70. The van der Waals surface area contributed by atoms with Crippen molar-refractivity contribution in [1.82, 2.24) is 5.32 Å². The normalized spacial score (nSPS) is 26.5. The molecular formula is C103H111NO19. The van der Waals surface area contributed by atoms with Crippen LogP contribution in [-0.4, -0.2) is 142 Å². The summed E-state index contributed by atoms with van der Waals surface area (Å²) in [6.07, 6.45) is -20.7. The van der Waals surface area contributed by atoms with Crippen LogP contribution >= 0.6 is 0 Å². The second-order valence-corrected chi connectivity index (χ2v) is 31.4. The van der Waals surface area contributed by atoms with Gasteiger partial charge in [-0.1, -0.05) is 334 Å². The zero-order chi connectivity index (χ0) is 84.0. The lowest BCUT2D eigenvalue weighted by atomic mass is 9.93. The predicted octanol–water partition coefficient (Wildman–Crippen LogP) is 16.9. The molecule has 1 N–H and O–H groups in total. The highest BCUT2D eigenvalue weighted by Gasteiger charge is 2.59. The van der Waals surface area contributed by atoms with E-state index in [0.717, 1.165) is 61.2 Å². The number of benzene rings is 11. The number of carbonyl (C=O) groups excluding carboxylic acids is 1. The van der Waals surface area contributed by atoms with Crippen LogP contribution in [0.2, 0.25) is 0 Å². The number of rotatable bonds is 42. The zero-order valence-corrected chi connectivity index (χ0v) is 69.8. The summed E-state index contributed by atoms with van der Waals surface area (Å²) >= 11 is 0. The first-order valence-corrected chi connectivity index (χ1v) is 42.6. The second kappa shape index (κ2) is 46.2. The molecule has 4 aliphatic rings. The van der Waals surface area contributed by atoms with Crippen molar-refractivity contribution in [2.24, 2.45) is 0 Å². The monoisotopic (exact) mass is 1670 g/mol. The highest BCUT2D eigenvalue weighted by molar-refractivity contribution is 5.73. The molecule has 0 spiro atoms. The highest BCUT2D eigenvalue weighted by atomic mass is 16.8. The molecule has 20 nitrogen and oxygen atoms in total. The maximum atomic E-state index is 14.6. The number of hydrogen-bond donors (Lipinski definition) is 1. The van der Waals surface area contributed by atoms with Gasteiger partial charge in [-0.3, -0.25) is 4.79 Å². The molecule has 0 radical (unpaired) electrons. The number of ether oxygens (including phenoxy) is 18. The van der Waals surface area contributed by atoms with E-state index in [4.69, 9.17) is 85.3 Å². The Hall–Kier alpha value is -9.83. The summed E-state index contributed by atoms with van der Waals surface area (Å²) < 4.78 is 133. The topological polar surface area (TPSA) is 195 Å². The van der Waals surface area contributed by atoms with Gasteiger partial charge < -0.3 is 90.6 Å². The van der Waals surface area contributed by atoms with Crippen molar-refractivity contribution in [3.05, 3.63) is 395 Å². The summed E-state index contributed by atoms with van der Waals surface area (Å²) in [6, 6.07) is 108. The standard InChI is InChI=1S/C103H111NO19/c1-72-89(108-61-77-41-19-6-20-42-77)94(111-64-80-47-25-9-26-48-80)97(114-67-83-53-31-12-32-54-83)101(117-72)122-93-88(104-74(3)105)100(116-69-85-57-35-14-36-58-85)119-87(71-107-60-76-39-17-5-18-40-76)92(93)121-103-99(96(113-66-82-51-29-11-30-52-82)91(110-63-79-45-23-8-24-46-79)86(120-103)70-106-59-75-37-15-4-16-38-75)123-102-98(115-68-84-55-33-13-34-56-84)95(112-65-81-49-27-10-28-50-81)90(73(2)118-102)109-62-78-43-21-7-22-44-78/h4-58,72-73,86-103H,59-71H2,1-3H3,(H,104,105). The summed E-state index contributed by atoms with van der Waals surface area (Å²) in [5.41, 5.74) is 9.89. The van der Waals surface area contributed by atoms with Crippen molar-refractivity contribution in [2.45, 2.75) is 216 Å². The van der Waals surface area contributed by atoms with Gasteiger partial charge in [0.05, 0.1) is 98.1 Å². The van der Waals surface area contributed by atoms with Gasteiger partial charge in [0.15, 0.2) is 25.2 Å². The average molecular weight is 1670 g/mol. The predicted molar refractivity (Wildman–Crippen MR) is 462 cm³/mol. The number of carbonyl (C=O) groups is 1. The Morgan fingerprint density at radius 3 is 0.756 bits per heavy atom. The van der Waals surface area contributed by atoms with Crippen LogP contribution in [0.5, 0.6) is 0 Å². The third kappa shape index (κ3) is 25.5. The maximum absolute atomic E-state index is 14.6. The molecule has 11 aromatic carbocycles. The molecule has 15 rings (SSSR count). The van der Waals surface area contributed by atoms with Crippen molar-refractivity contribution in [3.63, 3.8) is 0 Å². The van der Waals surface area contributed by atoms with Crippen molar-refractivity contribution >= 4 is 5.91 Å². The van der Waals surface area contributed by atoms with Gasteiger partial charge in [-0.15, -0.1) is 0 Å². The minimum atomic E-state index is -1.55. The van der Waals surface area contributed by atoms with Gasteiger partial charge >= 0.3 is 0 Å². The van der Waals surface area contributed by atoms with Crippen molar-refractivity contribution in [3.8, 4) is 0 Å². The highest BCUT2D eigenvalue weighted by Crippen LogP contribution is 2.42. The minimum absolute atomic E-state index is 0.0473. The molecule has 1 amide bonds. The van der Waals surface area contributed by atoms with E-state index in [1.54, 1.807) is 0 Å². The summed E-state index contributed by atoms with van der Waals surface area (Å²) in [4.78, 5) is 14.6. The molecule has 0 saturated carbocycles. The van der Waals surface area contributed by atoms with Crippen molar-refractivity contribution in [1.29, 1.82) is 0 Å².